The third kappa shape index (κ3) is 2.96. The van der Waals surface area contributed by atoms with E-state index in [0.29, 0.717) is 21.7 Å². The molecule has 0 radical (unpaired) electrons. The normalized spacial score (nSPS) is 10.7. The van der Waals surface area contributed by atoms with Gasteiger partial charge < -0.3 is 9.88 Å². The molecule has 2 aromatic heterocycles. The molecule has 116 valence electrons. The summed E-state index contributed by atoms with van der Waals surface area (Å²) in [7, 11) is 1.78. The Morgan fingerprint density at radius 3 is 2.78 bits per heavy atom. The fourth-order valence-electron chi connectivity index (χ4n) is 2.42. The molecule has 0 saturated carbocycles. The first-order chi connectivity index (χ1) is 11.0. The molecule has 3 rings (SSSR count). The molecule has 2 heterocycles. The number of carbonyl (C=O) groups excluding carboxylic acids is 1. The molecule has 0 saturated heterocycles. The number of halogens is 1. The standard InChI is InChI=1S/C17H14ClN3O2/c1-10-4-3-5-15(19-10)20-17(23)13-9-21(2)14-7-6-11(18)8-12(14)16(13)22/h3-9H,1-2H3,(H,19,20,23). The van der Waals surface area contributed by atoms with Crippen molar-refractivity contribution in [2.75, 3.05) is 5.32 Å². The third-order valence-corrected chi connectivity index (χ3v) is 3.76. The van der Waals surface area contributed by atoms with E-state index in [1.54, 1.807) is 41.9 Å². The summed E-state index contributed by atoms with van der Waals surface area (Å²) in [4.78, 5) is 29.2. The summed E-state index contributed by atoms with van der Waals surface area (Å²) in [5, 5.41) is 3.51. The van der Waals surface area contributed by atoms with Crippen molar-refractivity contribution in [3.63, 3.8) is 0 Å². The topological polar surface area (TPSA) is 64.0 Å². The maximum absolute atomic E-state index is 12.6. The first-order valence-corrected chi connectivity index (χ1v) is 7.37. The second-order valence-corrected chi connectivity index (χ2v) is 5.70. The molecule has 0 aliphatic rings. The van der Waals surface area contributed by atoms with E-state index in [9.17, 15) is 9.59 Å². The Kier molecular flexibility index (Phi) is 3.88. The molecule has 0 aliphatic carbocycles. The van der Waals surface area contributed by atoms with Gasteiger partial charge in [-0.25, -0.2) is 4.98 Å². The number of anilines is 1. The highest BCUT2D eigenvalue weighted by molar-refractivity contribution is 6.31. The largest absolute Gasteiger partial charge is 0.350 e. The van der Waals surface area contributed by atoms with Crippen molar-refractivity contribution in [1.29, 1.82) is 0 Å². The van der Waals surface area contributed by atoms with Crippen LogP contribution in [0.3, 0.4) is 0 Å². The zero-order valence-electron chi connectivity index (χ0n) is 12.6. The van der Waals surface area contributed by atoms with Crippen molar-refractivity contribution < 1.29 is 4.79 Å². The molecule has 1 amide bonds. The number of rotatable bonds is 2. The number of carbonyl (C=O) groups is 1. The lowest BCUT2D eigenvalue weighted by Crippen LogP contribution is -2.23. The van der Waals surface area contributed by atoms with Crippen molar-refractivity contribution in [3.8, 4) is 0 Å². The number of pyridine rings is 2. The molecule has 5 nitrogen and oxygen atoms in total. The van der Waals surface area contributed by atoms with Crippen molar-refractivity contribution in [1.82, 2.24) is 9.55 Å². The number of aryl methyl sites for hydroxylation is 2. The Hall–Kier alpha value is -2.66. The second-order valence-electron chi connectivity index (χ2n) is 5.26. The van der Waals surface area contributed by atoms with Crippen LogP contribution in [-0.4, -0.2) is 15.5 Å². The Morgan fingerprint density at radius 2 is 2.04 bits per heavy atom. The Bertz CT molecular complexity index is 979. The molecular weight excluding hydrogens is 314 g/mol. The highest BCUT2D eigenvalue weighted by Crippen LogP contribution is 2.17. The molecule has 6 heteroatoms. The van der Waals surface area contributed by atoms with Crippen LogP contribution in [-0.2, 0) is 7.05 Å². The van der Waals surface area contributed by atoms with Gasteiger partial charge in [-0.3, -0.25) is 9.59 Å². The summed E-state index contributed by atoms with van der Waals surface area (Å²) in [6.45, 7) is 1.83. The van der Waals surface area contributed by atoms with Gasteiger partial charge in [-0.05, 0) is 37.3 Å². The van der Waals surface area contributed by atoms with Crippen LogP contribution >= 0.6 is 11.6 Å². The van der Waals surface area contributed by atoms with Crippen LogP contribution in [0, 0.1) is 6.92 Å². The van der Waals surface area contributed by atoms with Crippen LogP contribution in [0.25, 0.3) is 10.9 Å². The maximum atomic E-state index is 12.6. The summed E-state index contributed by atoms with van der Waals surface area (Å²) >= 11 is 5.96. The SMILES string of the molecule is Cc1cccc(NC(=O)c2cn(C)c3ccc(Cl)cc3c2=O)n1. The van der Waals surface area contributed by atoms with E-state index in [4.69, 9.17) is 11.6 Å². The smallest absolute Gasteiger partial charge is 0.262 e. The molecule has 23 heavy (non-hydrogen) atoms. The van der Waals surface area contributed by atoms with Gasteiger partial charge in [0.2, 0.25) is 5.43 Å². The summed E-state index contributed by atoms with van der Waals surface area (Å²) in [6.07, 6.45) is 1.52. The molecule has 0 spiro atoms. The van der Waals surface area contributed by atoms with E-state index in [2.05, 4.69) is 10.3 Å². The highest BCUT2D eigenvalue weighted by Gasteiger charge is 2.15. The van der Waals surface area contributed by atoms with E-state index in [1.807, 2.05) is 13.0 Å². The van der Waals surface area contributed by atoms with E-state index in [0.717, 1.165) is 5.69 Å². The fraction of sp³-hybridized carbons (Fsp3) is 0.118. The van der Waals surface area contributed by atoms with Crippen LogP contribution in [0.5, 0.6) is 0 Å². The predicted molar refractivity (Wildman–Crippen MR) is 91.1 cm³/mol. The number of benzene rings is 1. The molecule has 0 aliphatic heterocycles. The number of aromatic nitrogens is 2. The van der Waals surface area contributed by atoms with Crippen molar-refractivity contribution in [3.05, 3.63) is 69.1 Å². The molecule has 1 N–H and O–H groups in total. The number of hydrogen-bond donors (Lipinski definition) is 1. The minimum atomic E-state index is -0.495. The molecule has 3 aromatic rings. The molecular formula is C17H14ClN3O2. The summed E-state index contributed by atoms with van der Waals surface area (Å²) in [5.74, 6) is -0.0891. The number of hydrogen-bond acceptors (Lipinski definition) is 3. The monoisotopic (exact) mass is 327 g/mol. The number of nitrogens with one attached hydrogen (secondary N) is 1. The molecule has 0 fully saturated rings. The quantitative estimate of drug-likeness (QED) is 0.786. The van der Waals surface area contributed by atoms with Gasteiger partial charge in [0.15, 0.2) is 0 Å². The van der Waals surface area contributed by atoms with Crippen LogP contribution in [0.4, 0.5) is 5.82 Å². The van der Waals surface area contributed by atoms with Crippen LogP contribution in [0.15, 0.2) is 47.4 Å². The lowest BCUT2D eigenvalue weighted by molar-refractivity contribution is 0.102. The van der Waals surface area contributed by atoms with Gasteiger partial charge in [-0.2, -0.15) is 0 Å². The predicted octanol–water partition coefficient (Wildman–Crippen LogP) is 3.15. The number of amides is 1. The van der Waals surface area contributed by atoms with Gasteiger partial charge in [0, 0.05) is 29.3 Å². The first kappa shape index (κ1) is 15.2. The van der Waals surface area contributed by atoms with Crippen molar-refractivity contribution in [2.45, 2.75) is 6.92 Å². The van der Waals surface area contributed by atoms with E-state index < -0.39 is 5.91 Å². The third-order valence-electron chi connectivity index (χ3n) is 3.53. The number of fused-ring (bicyclic) bond motifs is 1. The van der Waals surface area contributed by atoms with E-state index >= 15 is 0 Å². The van der Waals surface area contributed by atoms with Gasteiger partial charge in [0.05, 0.1) is 5.52 Å². The molecule has 1 aromatic carbocycles. The molecule has 0 unspecified atom stereocenters. The average Bonchev–Trinajstić information content (AvgIpc) is 2.50. The fourth-order valence-corrected chi connectivity index (χ4v) is 2.59. The van der Waals surface area contributed by atoms with Gasteiger partial charge in [-0.1, -0.05) is 17.7 Å². The van der Waals surface area contributed by atoms with E-state index in [1.165, 1.54) is 6.20 Å². The van der Waals surface area contributed by atoms with Crippen LogP contribution < -0.4 is 10.7 Å². The van der Waals surface area contributed by atoms with Crippen molar-refractivity contribution >= 4 is 34.2 Å². The van der Waals surface area contributed by atoms with Gasteiger partial charge >= 0.3 is 0 Å². The van der Waals surface area contributed by atoms with Crippen molar-refractivity contribution in [2.24, 2.45) is 7.05 Å². The summed E-state index contributed by atoms with van der Waals surface area (Å²) in [6, 6.07) is 10.3. The van der Waals surface area contributed by atoms with Gasteiger partial charge in [0.1, 0.15) is 11.4 Å². The molecule has 0 atom stereocenters. The Balaban J connectivity index is 2.07. The zero-order valence-corrected chi connectivity index (χ0v) is 13.4. The highest BCUT2D eigenvalue weighted by atomic mass is 35.5. The molecule has 0 bridgehead atoms. The van der Waals surface area contributed by atoms with Gasteiger partial charge in [0.25, 0.3) is 5.91 Å². The minimum Gasteiger partial charge on any atom is -0.350 e. The van der Waals surface area contributed by atoms with Gasteiger partial charge in [-0.15, -0.1) is 0 Å². The summed E-state index contributed by atoms with van der Waals surface area (Å²) in [5.41, 5.74) is 1.18. The zero-order chi connectivity index (χ0) is 16.6. The Labute approximate surface area is 137 Å². The maximum Gasteiger partial charge on any atom is 0.262 e. The lowest BCUT2D eigenvalue weighted by atomic mass is 10.1. The second kappa shape index (κ2) is 5.85. The van der Waals surface area contributed by atoms with Crippen LogP contribution in [0.1, 0.15) is 16.1 Å². The lowest BCUT2D eigenvalue weighted by Gasteiger charge is -2.10. The minimum absolute atomic E-state index is 0.0468. The number of nitrogens with zero attached hydrogens (tertiary/aromatic N) is 2. The van der Waals surface area contributed by atoms with Crippen LogP contribution in [0.2, 0.25) is 5.02 Å². The first-order valence-electron chi connectivity index (χ1n) is 6.99. The summed E-state index contributed by atoms with van der Waals surface area (Å²) < 4.78 is 1.73. The van der Waals surface area contributed by atoms with E-state index in [-0.39, 0.29) is 11.0 Å². The average molecular weight is 328 g/mol. The Morgan fingerprint density at radius 1 is 1.26 bits per heavy atom.